The van der Waals surface area contributed by atoms with Gasteiger partial charge in [-0.3, -0.25) is 4.98 Å². The molecule has 0 N–H and O–H groups in total. The van der Waals surface area contributed by atoms with Crippen LogP contribution in [0.2, 0.25) is 0 Å². The van der Waals surface area contributed by atoms with Crippen molar-refractivity contribution in [3.63, 3.8) is 0 Å². The lowest BCUT2D eigenvalue weighted by Gasteiger charge is -2.34. The lowest BCUT2D eigenvalue weighted by Crippen LogP contribution is -2.27. The molecular formula is C19H33N. The van der Waals surface area contributed by atoms with Gasteiger partial charge in [0.05, 0.1) is 0 Å². The fourth-order valence-corrected chi connectivity index (χ4v) is 2.82. The monoisotopic (exact) mass is 275 g/mol. The molecule has 1 rings (SSSR count). The van der Waals surface area contributed by atoms with Gasteiger partial charge in [-0.15, -0.1) is 0 Å². The van der Waals surface area contributed by atoms with Gasteiger partial charge in [0, 0.05) is 11.9 Å². The molecule has 1 aromatic heterocycles. The van der Waals surface area contributed by atoms with Crippen molar-refractivity contribution in [2.45, 2.75) is 86.5 Å². The van der Waals surface area contributed by atoms with Gasteiger partial charge in [0.25, 0.3) is 0 Å². The van der Waals surface area contributed by atoms with E-state index in [9.17, 15) is 0 Å². The van der Waals surface area contributed by atoms with Crippen LogP contribution in [-0.2, 0) is 17.3 Å². The Balaban J connectivity index is 3.64. The zero-order chi connectivity index (χ0) is 15.9. The summed E-state index contributed by atoms with van der Waals surface area (Å²) in [7, 11) is 0. The number of hydrogen-bond acceptors (Lipinski definition) is 1. The van der Waals surface area contributed by atoms with Crippen LogP contribution >= 0.6 is 0 Å². The Hall–Kier alpha value is -0.850. The third kappa shape index (κ3) is 4.07. The van der Waals surface area contributed by atoms with Gasteiger partial charge in [-0.2, -0.15) is 0 Å². The highest BCUT2D eigenvalue weighted by molar-refractivity contribution is 5.44. The number of rotatable bonds is 1. The quantitative estimate of drug-likeness (QED) is 0.652. The lowest BCUT2D eigenvalue weighted by molar-refractivity contribution is 0.401. The van der Waals surface area contributed by atoms with Crippen LogP contribution in [0, 0.1) is 12.3 Å². The molecule has 1 nitrogen and oxygen atoms in total. The molecule has 0 radical (unpaired) electrons. The van der Waals surface area contributed by atoms with Crippen LogP contribution in [0.5, 0.6) is 0 Å². The number of nitrogens with zero attached hydrogens (tertiary/aromatic N) is 1. The average Bonchev–Trinajstić information content (AvgIpc) is 2.15. The number of aromatic nitrogens is 1. The van der Waals surface area contributed by atoms with E-state index in [-0.39, 0.29) is 16.2 Å². The first-order chi connectivity index (χ1) is 8.73. The Morgan fingerprint density at radius 2 is 1.35 bits per heavy atom. The fraction of sp³-hybridized carbons (Fsp3) is 0.737. The van der Waals surface area contributed by atoms with E-state index in [0.29, 0.717) is 0 Å². The van der Waals surface area contributed by atoms with E-state index in [1.54, 1.807) is 0 Å². The molecule has 0 amide bonds. The summed E-state index contributed by atoms with van der Waals surface area (Å²) >= 11 is 0. The van der Waals surface area contributed by atoms with E-state index in [4.69, 9.17) is 4.98 Å². The van der Waals surface area contributed by atoms with Crippen molar-refractivity contribution in [3.05, 3.63) is 28.6 Å². The maximum absolute atomic E-state index is 4.70. The molecule has 1 heterocycles. The molecule has 1 aromatic rings. The van der Waals surface area contributed by atoms with Gasteiger partial charge in [-0.1, -0.05) is 62.3 Å². The van der Waals surface area contributed by atoms with Crippen LogP contribution in [0.15, 0.2) is 6.20 Å². The predicted octanol–water partition coefficient (Wildman–Crippen LogP) is 5.57. The van der Waals surface area contributed by atoms with Gasteiger partial charge >= 0.3 is 0 Å². The summed E-state index contributed by atoms with van der Waals surface area (Å²) in [5.74, 6) is 0. The van der Waals surface area contributed by atoms with E-state index in [1.165, 1.54) is 22.4 Å². The average molecular weight is 275 g/mol. The Labute approximate surface area is 126 Å². The van der Waals surface area contributed by atoms with Crippen molar-refractivity contribution in [3.8, 4) is 0 Å². The molecule has 0 aromatic carbocycles. The minimum absolute atomic E-state index is 0.135. The van der Waals surface area contributed by atoms with Gasteiger partial charge in [-0.05, 0) is 46.3 Å². The van der Waals surface area contributed by atoms with Crippen LogP contribution in [0.1, 0.15) is 84.7 Å². The molecule has 0 saturated heterocycles. The van der Waals surface area contributed by atoms with Gasteiger partial charge in [0.15, 0.2) is 0 Å². The van der Waals surface area contributed by atoms with Crippen molar-refractivity contribution >= 4 is 0 Å². The van der Waals surface area contributed by atoms with E-state index in [1.807, 2.05) is 0 Å². The van der Waals surface area contributed by atoms with E-state index >= 15 is 0 Å². The van der Waals surface area contributed by atoms with Crippen LogP contribution in [0.4, 0.5) is 0 Å². The van der Waals surface area contributed by atoms with Crippen molar-refractivity contribution < 1.29 is 0 Å². The van der Waals surface area contributed by atoms with Crippen molar-refractivity contribution in [2.75, 3.05) is 0 Å². The highest BCUT2D eigenvalue weighted by Crippen LogP contribution is 2.38. The molecule has 1 heteroatoms. The second kappa shape index (κ2) is 5.16. The summed E-state index contributed by atoms with van der Waals surface area (Å²) < 4.78 is 0. The minimum Gasteiger partial charge on any atom is -0.261 e. The molecule has 114 valence electrons. The van der Waals surface area contributed by atoms with E-state index < -0.39 is 0 Å². The summed E-state index contributed by atoms with van der Waals surface area (Å²) in [6.45, 7) is 22.9. The maximum atomic E-state index is 4.70. The minimum atomic E-state index is 0.135. The van der Waals surface area contributed by atoms with E-state index in [0.717, 1.165) is 6.42 Å². The summed E-state index contributed by atoms with van der Waals surface area (Å²) in [5.41, 5.74) is 6.12. The first kappa shape index (κ1) is 17.2. The number of pyridine rings is 1. The maximum Gasteiger partial charge on any atom is 0.0407 e. The summed E-state index contributed by atoms with van der Waals surface area (Å²) in [5, 5.41) is 0. The van der Waals surface area contributed by atoms with Gasteiger partial charge < -0.3 is 0 Å². The highest BCUT2D eigenvalue weighted by atomic mass is 14.7. The van der Waals surface area contributed by atoms with Gasteiger partial charge in [0.2, 0.25) is 0 Å². The molecule has 0 aliphatic rings. The number of hydrogen-bond donors (Lipinski definition) is 0. The Bertz CT molecular complexity index is 476. The molecule has 0 bridgehead atoms. The van der Waals surface area contributed by atoms with Crippen LogP contribution in [0.25, 0.3) is 0 Å². The second-order valence-corrected chi connectivity index (χ2v) is 9.35. The molecule has 0 unspecified atom stereocenters. The molecule has 0 fully saturated rings. The third-order valence-electron chi connectivity index (χ3n) is 3.66. The summed E-state index contributed by atoms with van der Waals surface area (Å²) in [6, 6.07) is 0. The zero-order valence-electron chi connectivity index (χ0n) is 15.2. The highest BCUT2D eigenvalue weighted by Gasteiger charge is 2.30. The van der Waals surface area contributed by atoms with Crippen molar-refractivity contribution in [1.29, 1.82) is 0 Å². The fourth-order valence-electron chi connectivity index (χ4n) is 2.82. The van der Waals surface area contributed by atoms with Crippen molar-refractivity contribution in [1.82, 2.24) is 4.98 Å². The lowest BCUT2D eigenvalue weighted by atomic mass is 9.71. The van der Waals surface area contributed by atoms with E-state index in [2.05, 4.69) is 75.4 Å². The first-order valence-corrected chi connectivity index (χ1v) is 7.73. The SMILES string of the molecule is Cc1ncc(C(C)(C)C)c(C(C)(C)C)c1CC(C)(C)C. The molecule has 0 saturated carbocycles. The second-order valence-electron chi connectivity index (χ2n) is 9.35. The molecule has 0 atom stereocenters. The van der Waals surface area contributed by atoms with Gasteiger partial charge in [-0.25, -0.2) is 0 Å². The summed E-state index contributed by atoms with van der Waals surface area (Å²) in [4.78, 5) is 4.70. The summed E-state index contributed by atoms with van der Waals surface area (Å²) in [6.07, 6.45) is 3.18. The Morgan fingerprint density at radius 1 is 0.850 bits per heavy atom. The smallest absolute Gasteiger partial charge is 0.0407 e. The number of aryl methyl sites for hydroxylation is 1. The molecule has 0 spiro atoms. The Kier molecular flexibility index (Phi) is 4.44. The molecular weight excluding hydrogens is 242 g/mol. The van der Waals surface area contributed by atoms with Crippen LogP contribution in [0.3, 0.4) is 0 Å². The standard InChI is InChI=1S/C19H33N/c1-13-14(11-17(2,3)4)16(19(8,9)10)15(12-20-13)18(5,6)7/h12H,11H2,1-10H3. The Morgan fingerprint density at radius 3 is 1.70 bits per heavy atom. The topological polar surface area (TPSA) is 12.9 Å². The van der Waals surface area contributed by atoms with Crippen LogP contribution < -0.4 is 0 Å². The molecule has 0 aliphatic heterocycles. The van der Waals surface area contributed by atoms with Crippen LogP contribution in [-0.4, -0.2) is 4.98 Å². The zero-order valence-corrected chi connectivity index (χ0v) is 15.2. The third-order valence-corrected chi connectivity index (χ3v) is 3.66. The van der Waals surface area contributed by atoms with Crippen molar-refractivity contribution in [2.24, 2.45) is 5.41 Å². The first-order valence-electron chi connectivity index (χ1n) is 7.73. The largest absolute Gasteiger partial charge is 0.261 e. The molecule has 20 heavy (non-hydrogen) atoms. The van der Waals surface area contributed by atoms with Gasteiger partial charge in [0.1, 0.15) is 0 Å². The normalized spacial score (nSPS) is 13.7. The predicted molar refractivity (Wildman–Crippen MR) is 89.5 cm³/mol. The molecule has 0 aliphatic carbocycles.